The Morgan fingerprint density at radius 2 is 1.81 bits per heavy atom. The lowest BCUT2D eigenvalue weighted by atomic mass is 9.96. The third kappa shape index (κ3) is 10.6. The van der Waals surface area contributed by atoms with E-state index in [0.717, 1.165) is 24.8 Å². The molecule has 7 nitrogen and oxygen atoms in total. The van der Waals surface area contributed by atoms with Crippen LogP contribution < -0.4 is 10.6 Å². The van der Waals surface area contributed by atoms with Gasteiger partial charge in [0.25, 0.3) is 5.91 Å². The van der Waals surface area contributed by atoms with Crippen molar-refractivity contribution in [3.8, 4) is 12.3 Å². The number of hydrogen-bond donors (Lipinski definition) is 2. The number of carbonyl (C=O) groups excluding carboxylic acids is 3. The van der Waals surface area contributed by atoms with E-state index in [1.165, 1.54) is 0 Å². The van der Waals surface area contributed by atoms with Crippen molar-refractivity contribution in [3.05, 3.63) is 64.2 Å². The molecular weight excluding hydrogens is 570 g/mol. The number of ether oxygens (including phenoxy) is 1. The number of aryl methyl sites for hydroxylation is 1. The van der Waals surface area contributed by atoms with Crippen LogP contribution in [0.4, 0.5) is 10.5 Å². The highest BCUT2D eigenvalue weighted by atomic mass is 35.5. The molecule has 0 aliphatic carbocycles. The Bertz CT molecular complexity index is 1230. The maximum Gasteiger partial charge on any atom is 0.408 e. The molecule has 0 saturated heterocycles. The second-order valence-electron chi connectivity index (χ2n) is 11.1. The van der Waals surface area contributed by atoms with Gasteiger partial charge in [-0.2, -0.15) is 11.8 Å². The van der Waals surface area contributed by atoms with E-state index >= 15 is 0 Å². The Balaban J connectivity index is 2.63. The van der Waals surface area contributed by atoms with Gasteiger partial charge in [-0.1, -0.05) is 74.0 Å². The normalized spacial score (nSPS) is 12.5. The lowest BCUT2D eigenvalue weighted by Crippen LogP contribution is -2.53. The van der Waals surface area contributed by atoms with E-state index < -0.39 is 29.7 Å². The number of alkyl carbamates (subject to hydrolysis) is 1. The molecule has 0 heterocycles. The van der Waals surface area contributed by atoms with E-state index in [0.29, 0.717) is 47.0 Å². The van der Waals surface area contributed by atoms with E-state index in [9.17, 15) is 14.4 Å². The molecule has 2 unspecified atom stereocenters. The van der Waals surface area contributed by atoms with Crippen LogP contribution in [0.2, 0.25) is 5.02 Å². The fourth-order valence-electron chi connectivity index (χ4n) is 4.52. The molecule has 0 aliphatic heterocycles. The number of rotatable bonds is 14. The molecule has 228 valence electrons. The number of halogens is 1. The van der Waals surface area contributed by atoms with Crippen molar-refractivity contribution in [2.45, 2.75) is 84.4 Å². The van der Waals surface area contributed by atoms with Crippen molar-refractivity contribution < 1.29 is 19.1 Å². The van der Waals surface area contributed by atoms with Crippen molar-refractivity contribution >= 4 is 47.0 Å². The number of nitrogens with zero attached hydrogens (tertiary/aromatic N) is 1. The number of hydrogen-bond acceptors (Lipinski definition) is 5. The Labute approximate surface area is 260 Å². The van der Waals surface area contributed by atoms with Crippen LogP contribution in [0.25, 0.3) is 0 Å². The van der Waals surface area contributed by atoms with Gasteiger partial charge in [-0.25, -0.2) is 4.79 Å². The number of anilines is 1. The Hall–Kier alpha value is -3.15. The zero-order valence-corrected chi connectivity index (χ0v) is 27.2. The minimum absolute atomic E-state index is 0.295. The van der Waals surface area contributed by atoms with Crippen LogP contribution in [-0.4, -0.2) is 53.0 Å². The monoisotopic (exact) mass is 613 g/mol. The minimum atomic E-state index is -1.07. The fourth-order valence-corrected chi connectivity index (χ4v) is 5.26. The Kier molecular flexibility index (Phi) is 14.3. The topological polar surface area (TPSA) is 87.7 Å². The molecule has 2 N–H and O–H groups in total. The molecule has 3 amide bonds. The number of carbonyl (C=O) groups is 3. The number of amides is 3. The molecular formula is C33H44ClN3O4S. The van der Waals surface area contributed by atoms with Gasteiger partial charge in [0, 0.05) is 12.1 Å². The van der Waals surface area contributed by atoms with E-state index in [4.69, 9.17) is 22.8 Å². The number of thioether (sulfide) groups is 1. The largest absolute Gasteiger partial charge is 0.444 e. The van der Waals surface area contributed by atoms with Crippen molar-refractivity contribution in [1.29, 1.82) is 0 Å². The van der Waals surface area contributed by atoms with Crippen molar-refractivity contribution in [3.63, 3.8) is 0 Å². The highest BCUT2D eigenvalue weighted by Gasteiger charge is 2.37. The summed E-state index contributed by atoms with van der Waals surface area (Å²) in [5, 5.41) is 6.13. The van der Waals surface area contributed by atoms with Gasteiger partial charge in [-0.05, 0) is 75.8 Å². The van der Waals surface area contributed by atoms with Crippen LogP contribution in [0, 0.1) is 19.3 Å². The van der Waals surface area contributed by atoms with Crippen LogP contribution in [-0.2, 0) is 14.3 Å². The summed E-state index contributed by atoms with van der Waals surface area (Å²) in [6.45, 7) is 9.54. The molecule has 2 aromatic rings. The molecule has 0 spiro atoms. The van der Waals surface area contributed by atoms with Gasteiger partial charge >= 0.3 is 6.09 Å². The number of nitrogens with one attached hydrogen (secondary N) is 2. The quantitative estimate of drug-likeness (QED) is 0.172. The second kappa shape index (κ2) is 17.1. The minimum Gasteiger partial charge on any atom is -0.444 e. The summed E-state index contributed by atoms with van der Waals surface area (Å²) in [6, 6.07) is 10.5. The fraction of sp³-hybridized carbons (Fsp3) is 0.485. The average molecular weight is 614 g/mol. The summed E-state index contributed by atoms with van der Waals surface area (Å²) in [6.07, 6.45) is 11.0. The van der Waals surface area contributed by atoms with Gasteiger partial charge in [-0.3, -0.25) is 9.59 Å². The van der Waals surface area contributed by atoms with Gasteiger partial charge in [-0.15, -0.1) is 6.42 Å². The lowest BCUT2D eigenvalue weighted by Gasteiger charge is -2.35. The van der Waals surface area contributed by atoms with E-state index in [2.05, 4.69) is 23.5 Å². The first-order chi connectivity index (χ1) is 19.9. The van der Waals surface area contributed by atoms with Crippen LogP contribution in [0.3, 0.4) is 0 Å². The van der Waals surface area contributed by atoms with Crippen molar-refractivity contribution in [2.24, 2.45) is 0 Å². The molecule has 0 saturated carbocycles. The van der Waals surface area contributed by atoms with Gasteiger partial charge < -0.3 is 20.3 Å². The van der Waals surface area contributed by atoms with Gasteiger partial charge in [0.2, 0.25) is 5.91 Å². The van der Waals surface area contributed by atoms with Crippen LogP contribution in [0.15, 0.2) is 42.5 Å². The SMILES string of the molecule is C#Cc1ccccc1C(C(=O)Nc1c(C)cccc1Cl)N(CCCCCC)C(=O)C(CCSC)NC(=O)OC(C)(C)C. The summed E-state index contributed by atoms with van der Waals surface area (Å²) in [5.74, 6) is 2.46. The maximum atomic E-state index is 14.4. The molecule has 0 radical (unpaired) electrons. The smallest absolute Gasteiger partial charge is 0.408 e. The Morgan fingerprint density at radius 1 is 1.10 bits per heavy atom. The second-order valence-corrected chi connectivity index (χ2v) is 12.5. The molecule has 2 atom stereocenters. The summed E-state index contributed by atoms with van der Waals surface area (Å²) in [7, 11) is 0. The lowest BCUT2D eigenvalue weighted by molar-refractivity contribution is -0.141. The average Bonchev–Trinajstić information content (AvgIpc) is 2.93. The first-order valence-corrected chi connectivity index (χ1v) is 16.1. The Morgan fingerprint density at radius 3 is 2.43 bits per heavy atom. The maximum absolute atomic E-state index is 14.4. The first-order valence-electron chi connectivity index (χ1n) is 14.3. The van der Waals surface area contributed by atoms with Gasteiger partial charge in [0.1, 0.15) is 17.7 Å². The van der Waals surface area contributed by atoms with Gasteiger partial charge in [0.05, 0.1) is 10.7 Å². The van der Waals surface area contributed by atoms with E-state index in [-0.39, 0.29) is 5.91 Å². The molecule has 0 bridgehead atoms. The number of unbranched alkanes of at least 4 members (excludes halogenated alkanes) is 3. The summed E-state index contributed by atoms with van der Waals surface area (Å²) >= 11 is 8.03. The van der Waals surface area contributed by atoms with Crippen LogP contribution in [0.5, 0.6) is 0 Å². The molecule has 2 rings (SSSR count). The summed E-state index contributed by atoms with van der Waals surface area (Å²) < 4.78 is 5.48. The molecule has 0 aromatic heterocycles. The zero-order chi connectivity index (χ0) is 31.3. The molecule has 0 aliphatic rings. The third-order valence-electron chi connectivity index (χ3n) is 6.58. The number of benzene rings is 2. The number of terminal acetylenes is 1. The molecule has 42 heavy (non-hydrogen) atoms. The zero-order valence-electron chi connectivity index (χ0n) is 25.6. The predicted molar refractivity (Wildman–Crippen MR) is 174 cm³/mol. The highest BCUT2D eigenvalue weighted by molar-refractivity contribution is 7.98. The summed E-state index contributed by atoms with van der Waals surface area (Å²) in [4.78, 5) is 43.0. The predicted octanol–water partition coefficient (Wildman–Crippen LogP) is 7.36. The highest BCUT2D eigenvalue weighted by Crippen LogP contribution is 2.31. The van der Waals surface area contributed by atoms with E-state index in [1.807, 2.05) is 19.2 Å². The molecule has 0 fully saturated rings. The van der Waals surface area contributed by atoms with Gasteiger partial charge in [0.15, 0.2) is 0 Å². The molecule has 9 heteroatoms. The van der Waals surface area contributed by atoms with Crippen molar-refractivity contribution in [2.75, 3.05) is 23.9 Å². The number of para-hydroxylation sites is 1. The van der Waals surface area contributed by atoms with Crippen LogP contribution in [0.1, 0.15) is 82.5 Å². The summed E-state index contributed by atoms with van der Waals surface area (Å²) in [5.41, 5.74) is 1.53. The van der Waals surface area contributed by atoms with Crippen LogP contribution >= 0.6 is 23.4 Å². The van der Waals surface area contributed by atoms with E-state index in [1.54, 1.807) is 73.8 Å². The third-order valence-corrected chi connectivity index (χ3v) is 7.54. The molecule has 2 aromatic carbocycles. The standard InChI is InChI=1S/C33H44ClN3O4S/c1-8-10-11-14-21-37(31(39)27(20-22-42-7)35-32(40)41-33(4,5)6)29(25-18-13-12-17-24(25)9-2)30(38)36-28-23(3)16-15-19-26(28)34/h2,12-13,15-19,27,29H,8,10-11,14,20-22H2,1,3-7H3,(H,35,40)(H,36,38). The first kappa shape index (κ1) is 35.0. The van der Waals surface area contributed by atoms with Crippen molar-refractivity contribution in [1.82, 2.24) is 10.2 Å².